The van der Waals surface area contributed by atoms with E-state index in [0.717, 1.165) is 28.0 Å². The van der Waals surface area contributed by atoms with Gasteiger partial charge >= 0.3 is 6.01 Å². The van der Waals surface area contributed by atoms with E-state index in [-0.39, 0.29) is 0 Å². The summed E-state index contributed by atoms with van der Waals surface area (Å²) in [6.07, 6.45) is 4.40. The number of halogens is 1. The Hall–Kier alpha value is -1.46. The van der Waals surface area contributed by atoms with Crippen molar-refractivity contribution >= 4 is 15.9 Å². The fourth-order valence-corrected chi connectivity index (χ4v) is 2.25. The van der Waals surface area contributed by atoms with E-state index in [0.29, 0.717) is 12.1 Å². The van der Waals surface area contributed by atoms with Crippen LogP contribution in [0.15, 0.2) is 34.9 Å². The Morgan fingerprint density at radius 1 is 1.40 bits per heavy atom. The summed E-state index contributed by atoms with van der Waals surface area (Å²) in [5, 5.41) is 3.46. The third kappa shape index (κ3) is 3.55. The first-order chi connectivity index (χ1) is 9.70. The maximum atomic E-state index is 5.66. The fourth-order valence-electron chi connectivity index (χ4n) is 1.87. The number of nitrogens with zero attached hydrogens (tertiary/aromatic N) is 2. The van der Waals surface area contributed by atoms with E-state index in [4.69, 9.17) is 4.74 Å². The average Bonchev–Trinajstić information content (AvgIpc) is 3.22. The van der Waals surface area contributed by atoms with Crippen molar-refractivity contribution in [2.45, 2.75) is 32.4 Å². The molecule has 1 heterocycles. The largest absolute Gasteiger partial charge is 0.424 e. The van der Waals surface area contributed by atoms with Gasteiger partial charge in [-0.3, -0.25) is 0 Å². The average molecular weight is 334 g/mol. The first kappa shape index (κ1) is 13.5. The number of benzene rings is 1. The van der Waals surface area contributed by atoms with Gasteiger partial charge in [-0.15, -0.1) is 0 Å². The Morgan fingerprint density at radius 2 is 2.25 bits per heavy atom. The van der Waals surface area contributed by atoms with Crippen LogP contribution in [-0.2, 0) is 6.54 Å². The molecule has 0 saturated heterocycles. The van der Waals surface area contributed by atoms with Gasteiger partial charge in [0.05, 0.1) is 0 Å². The zero-order valence-corrected chi connectivity index (χ0v) is 12.9. The molecule has 1 fully saturated rings. The molecule has 1 aliphatic rings. The summed E-state index contributed by atoms with van der Waals surface area (Å²) in [5.41, 5.74) is 2.08. The van der Waals surface area contributed by atoms with E-state index < -0.39 is 0 Å². The highest BCUT2D eigenvalue weighted by Crippen LogP contribution is 2.23. The Bertz CT molecular complexity index is 614. The van der Waals surface area contributed by atoms with Crippen molar-refractivity contribution in [3.8, 4) is 11.8 Å². The quantitative estimate of drug-likeness (QED) is 0.908. The molecule has 1 saturated carbocycles. The Morgan fingerprint density at radius 3 is 2.95 bits per heavy atom. The van der Waals surface area contributed by atoms with Crippen LogP contribution < -0.4 is 10.1 Å². The van der Waals surface area contributed by atoms with E-state index in [1.807, 2.05) is 37.4 Å². The van der Waals surface area contributed by atoms with Crippen molar-refractivity contribution < 1.29 is 4.74 Å². The highest BCUT2D eigenvalue weighted by Gasteiger charge is 2.20. The van der Waals surface area contributed by atoms with Gasteiger partial charge in [-0.2, -0.15) is 4.98 Å². The maximum absolute atomic E-state index is 5.66. The van der Waals surface area contributed by atoms with Gasteiger partial charge in [0.2, 0.25) is 0 Å². The number of ether oxygens (including phenoxy) is 1. The second-order valence-electron chi connectivity index (χ2n) is 4.98. The zero-order chi connectivity index (χ0) is 13.9. The zero-order valence-electron chi connectivity index (χ0n) is 11.3. The van der Waals surface area contributed by atoms with Crippen LogP contribution in [0.1, 0.15) is 24.1 Å². The molecule has 0 bridgehead atoms. The summed E-state index contributed by atoms with van der Waals surface area (Å²) in [6, 6.07) is 8.71. The van der Waals surface area contributed by atoms with Gasteiger partial charge in [0.25, 0.3) is 0 Å². The van der Waals surface area contributed by atoms with E-state index in [9.17, 15) is 0 Å². The number of aromatic nitrogens is 2. The lowest BCUT2D eigenvalue weighted by Crippen LogP contribution is -2.16. The normalized spacial score (nSPS) is 14.3. The highest BCUT2D eigenvalue weighted by molar-refractivity contribution is 9.10. The van der Waals surface area contributed by atoms with Crippen LogP contribution in [0, 0.1) is 6.92 Å². The summed E-state index contributed by atoms with van der Waals surface area (Å²) in [6.45, 7) is 2.81. The lowest BCUT2D eigenvalue weighted by Gasteiger charge is -2.08. The summed E-state index contributed by atoms with van der Waals surface area (Å²) in [4.78, 5) is 8.68. The van der Waals surface area contributed by atoms with Crippen molar-refractivity contribution in [2.24, 2.45) is 0 Å². The van der Waals surface area contributed by atoms with Crippen LogP contribution in [0.2, 0.25) is 0 Å². The number of hydrogen-bond donors (Lipinski definition) is 1. The van der Waals surface area contributed by atoms with Crippen molar-refractivity contribution in [1.29, 1.82) is 0 Å². The number of aryl methyl sites for hydroxylation is 1. The SMILES string of the molecule is Cc1nc(Oc2cccc(Br)c2)ncc1CNC1CC1. The molecule has 1 aromatic heterocycles. The minimum absolute atomic E-state index is 0.385. The molecule has 0 unspecified atom stereocenters. The molecule has 1 aliphatic carbocycles. The number of hydrogen-bond acceptors (Lipinski definition) is 4. The molecule has 20 heavy (non-hydrogen) atoms. The summed E-state index contributed by atoms with van der Waals surface area (Å²) in [7, 11) is 0. The van der Waals surface area contributed by atoms with Gasteiger partial charge in [0.1, 0.15) is 5.75 Å². The Balaban J connectivity index is 1.69. The highest BCUT2D eigenvalue weighted by atomic mass is 79.9. The molecule has 5 heteroatoms. The van der Waals surface area contributed by atoms with Gasteiger partial charge in [0.15, 0.2) is 0 Å². The minimum atomic E-state index is 0.385. The van der Waals surface area contributed by atoms with Crippen LogP contribution in [0.25, 0.3) is 0 Å². The van der Waals surface area contributed by atoms with Crippen LogP contribution in [0.4, 0.5) is 0 Å². The summed E-state index contributed by atoms with van der Waals surface area (Å²) >= 11 is 3.41. The topological polar surface area (TPSA) is 47.0 Å². The third-order valence-corrected chi connectivity index (χ3v) is 3.72. The second kappa shape index (κ2) is 5.89. The molecule has 104 valence electrons. The van der Waals surface area contributed by atoms with Crippen LogP contribution in [-0.4, -0.2) is 16.0 Å². The van der Waals surface area contributed by atoms with E-state index in [2.05, 4.69) is 31.2 Å². The van der Waals surface area contributed by atoms with Gasteiger partial charge < -0.3 is 10.1 Å². The maximum Gasteiger partial charge on any atom is 0.322 e. The minimum Gasteiger partial charge on any atom is -0.424 e. The summed E-state index contributed by atoms with van der Waals surface area (Å²) < 4.78 is 6.63. The van der Waals surface area contributed by atoms with Crippen molar-refractivity contribution in [2.75, 3.05) is 0 Å². The number of rotatable bonds is 5. The number of nitrogens with one attached hydrogen (secondary N) is 1. The molecular formula is C15H16BrN3O. The van der Waals surface area contributed by atoms with E-state index >= 15 is 0 Å². The van der Waals surface area contributed by atoms with Crippen LogP contribution in [0.3, 0.4) is 0 Å². The van der Waals surface area contributed by atoms with Crippen molar-refractivity contribution in [3.05, 3.63) is 46.2 Å². The Labute approximate surface area is 126 Å². The van der Waals surface area contributed by atoms with Crippen LogP contribution >= 0.6 is 15.9 Å². The standard InChI is InChI=1S/C15H16BrN3O/c1-10-11(8-17-13-5-6-13)9-18-15(19-10)20-14-4-2-3-12(16)7-14/h2-4,7,9,13,17H,5-6,8H2,1H3. The van der Waals surface area contributed by atoms with Gasteiger partial charge in [0, 0.05) is 34.5 Å². The molecule has 0 radical (unpaired) electrons. The lowest BCUT2D eigenvalue weighted by molar-refractivity contribution is 0.438. The van der Waals surface area contributed by atoms with Crippen molar-refractivity contribution in [1.82, 2.24) is 15.3 Å². The molecule has 1 N–H and O–H groups in total. The van der Waals surface area contributed by atoms with Gasteiger partial charge in [-0.05, 0) is 38.0 Å². The predicted octanol–water partition coefficient (Wildman–Crippen LogP) is 3.59. The Kier molecular flexibility index (Phi) is 3.98. The van der Waals surface area contributed by atoms with E-state index in [1.165, 1.54) is 12.8 Å². The van der Waals surface area contributed by atoms with Crippen LogP contribution in [0.5, 0.6) is 11.8 Å². The lowest BCUT2D eigenvalue weighted by atomic mass is 10.2. The molecule has 0 atom stereocenters. The molecule has 0 spiro atoms. The van der Waals surface area contributed by atoms with Crippen molar-refractivity contribution in [3.63, 3.8) is 0 Å². The monoisotopic (exact) mass is 333 g/mol. The van der Waals surface area contributed by atoms with Gasteiger partial charge in [-0.25, -0.2) is 4.98 Å². The van der Waals surface area contributed by atoms with Gasteiger partial charge in [-0.1, -0.05) is 22.0 Å². The molecule has 4 nitrogen and oxygen atoms in total. The summed E-state index contributed by atoms with van der Waals surface area (Å²) in [5.74, 6) is 0.725. The molecule has 1 aromatic carbocycles. The molecule has 3 rings (SSSR count). The first-order valence-corrected chi connectivity index (χ1v) is 7.49. The predicted molar refractivity (Wildman–Crippen MR) is 80.8 cm³/mol. The third-order valence-electron chi connectivity index (χ3n) is 3.22. The first-order valence-electron chi connectivity index (χ1n) is 6.70. The molecule has 0 amide bonds. The molecule has 0 aliphatic heterocycles. The smallest absolute Gasteiger partial charge is 0.322 e. The second-order valence-corrected chi connectivity index (χ2v) is 5.89. The molecule has 2 aromatic rings. The fraction of sp³-hybridized carbons (Fsp3) is 0.333. The van der Waals surface area contributed by atoms with E-state index in [1.54, 1.807) is 0 Å². The molecular weight excluding hydrogens is 318 g/mol.